The maximum absolute atomic E-state index is 14.2. The Bertz CT molecular complexity index is 1680. The van der Waals surface area contributed by atoms with Gasteiger partial charge in [-0.25, -0.2) is 22.4 Å². The molecule has 0 spiro atoms. The first-order valence-electron chi connectivity index (χ1n) is 17.7. The van der Waals surface area contributed by atoms with Crippen molar-refractivity contribution in [3.8, 4) is 0 Å². The number of hydrogen-bond acceptors (Lipinski definition) is 10. The lowest BCUT2D eigenvalue weighted by Gasteiger charge is -2.28. The van der Waals surface area contributed by atoms with Gasteiger partial charge in [-0.05, 0) is 84.5 Å². The average Bonchev–Trinajstić information content (AvgIpc) is 3.95. The molecule has 2 aliphatic heterocycles. The van der Waals surface area contributed by atoms with Crippen LogP contribution in [0.3, 0.4) is 0 Å². The fourth-order valence-electron chi connectivity index (χ4n) is 6.63. The summed E-state index contributed by atoms with van der Waals surface area (Å²) in [5.74, 6) is -1.80. The summed E-state index contributed by atoms with van der Waals surface area (Å²) >= 11 is 0. The Kier molecular flexibility index (Phi) is 11.8. The van der Waals surface area contributed by atoms with E-state index in [2.05, 4.69) is 20.7 Å². The normalized spacial score (nSPS) is 24.6. The van der Waals surface area contributed by atoms with Crippen LogP contribution in [-0.4, -0.2) is 103 Å². The molecule has 1 saturated heterocycles. The predicted molar refractivity (Wildman–Crippen MR) is 186 cm³/mol. The maximum atomic E-state index is 14.2. The molecule has 286 valence electrons. The first kappa shape index (κ1) is 39.0. The minimum atomic E-state index is -3.75. The largest absolute Gasteiger partial charge is 0.444 e. The Hall–Kier alpha value is -4.25. The summed E-state index contributed by atoms with van der Waals surface area (Å²) in [7, 11) is -3.75. The molecule has 52 heavy (non-hydrogen) atoms. The zero-order valence-electron chi connectivity index (χ0n) is 30.0. The van der Waals surface area contributed by atoms with Gasteiger partial charge in [0.05, 0.1) is 18.3 Å². The fourth-order valence-corrected chi connectivity index (χ4v) is 7.99. The number of fused-ring (bicyclic) bond motifs is 1. The van der Waals surface area contributed by atoms with Gasteiger partial charge in [-0.15, -0.1) is 0 Å². The summed E-state index contributed by atoms with van der Waals surface area (Å²) in [4.78, 5) is 66.4. The highest BCUT2D eigenvalue weighted by atomic mass is 32.2. The Labute approximate surface area is 303 Å². The summed E-state index contributed by atoms with van der Waals surface area (Å²) in [5, 5.41) is 7.86. The van der Waals surface area contributed by atoms with E-state index in [1.807, 2.05) is 13.0 Å². The van der Waals surface area contributed by atoms with Crippen LogP contribution in [0.15, 0.2) is 30.4 Å². The van der Waals surface area contributed by atoms with Gasteiger partial charge in [0.2, 0.25) is 22.3 Å². The third-order valence-corrected chi connectivity index (χ3v) is 11.5. The van der Waals surface area contributed by atoms with Crippen molar-refractivity contribution in [2.75, 3.05) is 19.6 Å². The number of nitrogens with one attached hydrogen (secondary N) is 4. The van der Waals surface area contributed by atoms with Gasteiger partial charge >= 0.3 is 12.2 Å². The minimum Gasteiger partial charge on any atom is -0.444 e. The molecular formula is C35H49FN6O9S. The van der Waals surface area contributed by atoms with Crippen LogP contribution in [-0.2, 0) is 47.0 Å². The van der Waals surface area contributed by atoms with Crippen LogP contribution < -0.4 is 20.7 Å². The van der Waals surface area contributed by atoms with Gasteiger partial charge in [0.15, 0.2) is 0 Å². The molecule has 0 bridgehead atoms. The second-order valence-electron chi connectivity index (χ2n) is 15.0. The number of carbonyl (C=O) groups excluding carboxylic acids is 5. The molecular weight excluding hydrogens is 699 g/mol. The maximum Gasteiger partial charge on any atom is 0.410 e. The Morgan fingerprint density at radius 2 is 1.88 bits per heavy atom. The highest BCUT2D eigenvalue weighted by molar-refractivity contribution is 7.91. The number of likely N-dealkylation sites (tertiary alicyclic amines) is 1. The standard InChI is InChI=1S/C35H49FN6O9S/c1-22-16-25(50-33(47)41-18-23-8-7-10-28(36)27(23)20-41)19-42(22)30(44)29(39-32(46)51-34(2,3)4)13-15-37-14-6-5-9-24-17-35(24,38-21-43)31(45)40-52(48,49)26-11-12-26/h5,7-10,21-22,24-26,29,37H,6,11-20H2,1-4H3,(H,38,43)(H,39,46)(H,40,45)/b9-5-/t22?,24-,25-,29+,35-/m1/s1. The lowest BCUT2D eigenvalue weighted by molar-refractivity contribution is -0.134. The molecule has 5 atom stereocenters. The van der Waals surface area contributed by atoms with Crippen LogP contribution in [0.25, 0.3) is 0 Å². The van der Waals surface area contributed by atoms with Crippen molar-refractivity contribution >= 4 is 40.4 Å². The molecule has 5 amide bonds. The first-order valence-corrected chi connectivity index (χ1v) is 19.2. The zero-order valence-corrected chi connectivity index (χ0v) is 30.8. The number of alkyl carbamates (subject to hydrolysis) is 1. The monoisotopic (exact) mass is 748 g/mol. The molecule has 1 aromatic carbocycles. The van der Waals surface area contributed by atoms with E-state index in [1.165, 1.54) is 11.0 Å². The van der Waals surface area contributed by atoms with Crippen molar-refractivity contribution in [3.63, 3.8) is 0 Å². The van der Waals surface area contributed by atoms with Gasteiger partial charge in [-0.1, -0.05) is 24.3 Å². The summed E-state index contributed by atoms with van der Waals surface area (Å²) in [6.45, 7) is 8.34. The van der Waals surface area contributed by atoms with E-state index in [0.717, 1.165) is 5.56 Å². The Morgan fingerprint density at radius 1 is 1.13 bits per heavy atom. The van der Waals surface area contributed by atoms with E-state index < -0.39 is 56.7 Å². The molecule has 2 heterocycles. The molecule has 4 N–H and O–H groups in total. The second kappa shape index (κ2) is 15.8. The van der Waals surface area contributed by atoms with Crippen LogP contribution in [0, 0.1) is 11.7 Å². The number of benzene rings is 1. The quantitative estimate of drug-likeness (QED) is 0.118. The van der Waals surface area contributed by atoms with Gasteiger partial charge in [0.25, 0.3) is 5.91 Å². The molecule has 5 rings (SSSR count). The summed E-state index contributed by atoms with van der Waals surface area (Å²) in [6, 6.07) is 3.52. The molecule has 2 aliphatic carbocycles. The molecule has 1 aromatic rings. The number of ether oxygens (including phenoxy) is 2. The van der Waals surface area contributed by atoms with Gasteiger partial charge in [-0.2, -0.15) is 0 Å². The number of rotatable bonds is 15. The van der Waals surface area contributed by atoms with E-state index in [9.17, 15) is 36.8 Å². The molecule has 3 fully saturated rings. The molecule has 4 aliphatic rings. The predicted octanol–water partition coefficient (Wildman–Crippen LogP) is 2.20. The highest BCUT2D eigenvalue weighted by Crippen LogP contribution is 2.45. The SMILES string of the molecule is CC1C[C@@H](OC(=O)N2Cc3cccc(F)c3C2)CN1C(=O)[C@H](CCNCC/C=C\[C@@H]1C[C@]1(NC=O)C(=O)NS(=O)(=O)C1CC1)NC(=O)OC(C)(C)C. The summed E-state index contributed by atoms with van der Waals surface area (Å²) in [6.07, 6.45) is 4.58. The van der Waals surface area contributed by atoms with Gasteiger partial charge in [0, 0.05) is 30.5 Å². The van der Waals surface area contributed by atoms with E-state index in [1.54, 1.807) is 43.9 Å². The zero-order chi connectivity index (χ0) is 37.8. The highest BCUT2D eigenvalue weighted by Gasteiger charge is 2.60. The number of halogens is 1. The Morgan fingerprint density at radius 3 is 2.56 bits per heavy atom. The van der Waals surface area contributed by atoms with Crippen molar-refractivity contribution in [1.29, 1.82) is 0 Å². The average molecular weight is 749 g/mol. The number of carbonyl (C=O) groups is 5. The fraction of sp³-hybridized carbons (Fsp3) is 0.629. The van der Waals surface area contributed by atoms with Crippen LogP contribution in [0.1, 0.15) is 77.3 Å². The summed E-state index contributed by atoms with van der Waals surface area (Å²) in [5.41, 5.74) is -0.879. The van der Waals surface area contributed by atoms with Crippen LogP contribution in [0.4, 0.5) is 14.0 Å². The topological polar surface area (TPSA) is 193 Å². The number of amides is 5. The lowest BCUT2D eigenvalue weighted by atomic mass is 10.1. The van der Waals surface area contributed by atoms with E-state index in [4.69, 9.17) is 9.47 Å². The first-order chi connectivity index (χ1) is 24.5. The summed E-state index contributed by atoms with van der Waals surface area (Å²) < 4.78 is 51.9. The minimum absolute atomic E-state index is 0.110. The van der Waals surface area contributed by atoms with Crippen LogP contribution >= 0.6 is 0 Å². The van der Waals surface area contributed by atoms with E-state index >= 15 is 0 Å². The molecule has 1 unspecified atom stereocenters. The van der Waals surface area contributed by atoms with Crippen molar-refractivity contribution in [2.24, 2.45) is 5.92 Å². The second-order valence-corrected chi connectivity index (χ2v) is 16.9. The van der Waals surface area contributed by atoms with Gasteiger partial charge in [0.1, 0.15) is 29.1 Å². The van der Waals surface area contributed by atoms with Gasteiger partial charge in [-0.3, -0.25) is 24.0 Å². The number of hydrogen-bond donors (Lipinski definition) is 4. The van der Waals surface area contributed by atoms with Crippen molar-refractivity contribution < 1.29 is 46.3 Å². The lowest BCUT2D eigenvalue weighted by Crippen LogP contribution is -2.51. The van der Waals surface area contributed by atoms with Crippen molar-refractivity contribution in [2.45, 2.75) is 114 Å². The third-order valence-electron chi connectivity index (χ3n) is 9.66. The van der Waals surface area contributed by atoms with Crippen LogP contribution in [0.2, 0.25) is 0 Å². The van der Waals surface area contributed by atoms with Gasteiger partial charge < -0.3 is 30.3 Å². The smallest absolute Gasteiger partial charge is 0.410 e. The van der Waals surface area contributed by atoms with E-state index in [-0.39, 0.29) is 56.2 Å². The molecule has 0 aromatic heterocycles. The molecule has 15 nitrogen and oxygen atoms in total. The van der Waals surface area contributed by atoms with Crippen LogP contribution in [0.5, 0.6) is 0 Å². The van der Waals surface area contributed by atoms with Crippen molar-refractivity contribution in [3.05, 3.63) is 47.3 Å². The molecule has 2 saturated carbocycles. The van der Waals surface area contributed by atoms with Crippen molar-refractivity contribution in [1.82, 2.24) is 30.5 Å². The molecule has 0 radical (unpaired) electrons. The molecule has 17 heteroatoms. The third kappa shape index (κ3) is 9.59. The Balaban J connectivity index is 1.10. The number of nitrogens with zero attached hydrogens (tertiary/aromatic N) is 2. The van der Waals surface area contributed by atoms with E-state index in [0.29, 0.717) is 50.7 Å². The number of sulfonamides is 1.